The van der Waals surface area contributed by atoms with E-state index in [2.05, 4.69) is 24.8 Å². The first-order valence-corrected chi connectivity index (χ1v) is 9.73. The van der Waals surface area contributed by atoms with E-state index in [4.69, 9.17) is 5.73 Å². The highest BCUT2D eigenvalue weighted by atomic mass is 19.1. The second-order valence-electron chi connectivity index (χ2n) is 7.71. The molecular formula is C22H20F2N6. The first-order valence-electron chi connectivity index (χ1n) is 9.73. The predicted molar refractivity (Wildman–Crippen MR) is 112 cm³/mol. The number of nitrogens with zero attached hydrogens (tertiary/aromatic N) is 4. The van der Waals surface area contributed by atoms with Gasteiger partial charge in [0, 0.05) is 61.0 Å². The van der Waals surface area contributed by atoms with E-state index in [1.54, 1.807) is 24.8 Å². The number of fused-ring (bicyclic) bond motifs is 1. The maximum absolute atomic E-state index is 14.2. The van der Waals surface area contributed by atoms with Crippen LogP contribution in [0.5, 0.6) is 0 Å². The molecule has 4 heterocycles. The molecule has 1 fully saturated rings. The average Bonchev–Trinajstić information content (AvgIpc) is 3.11. The summed E-state index contributed by atoms with van der Waals surface area (Å²) in [5.41, 5.74) is 10.8. The Morgan fingerprint density at radius 1 is 1.07 bits per heavy atom. The number of aromatic nitrogens is 4. The Morgan fingerprint density at radius 3 is 2.60 bits per heavy atom. The number of pyridine rings is 2. The number of benzene rings is 1. The highest BCUT2D eigenvalue weighted by Gasteiger charge is 2.30. The molecule has 4 aromatic rings. The number of nitrogens with two attached hydrogens (primary N) is 1. The first-order chi connectivity index (χ1) is 14.5. The van der Waals surface area contributed by atoms with Crippen LogP contribution in [-0.4, -0.2) is 39.6 Å². The number of aromatic amines is 1. The summed E-state index contributed by atoms with van der Waals surface area (Å²) in [6, 6.07) is 4.12. The molecule has 8 heteroatoms. The molecule has 0 radical (unpaired) electrons. The molecule has 6 nitrogen and oxygen atoms in total. The summed E-state index contributed by atoms with van der Waals surface area (Å²) < 4.78 is 27.9. The molecule has 1 aromatic carbocycles. The molecule has 1 aliphatic heterocycles. The quantitative estimate of drug-likeness (QED) is 0.540. The number of imidazole rings is 1. The molecule has 152 valence electrons. The van der Waals surface area contributed by atoms with Crippen LogP contribution in [0.15, 0.2) is 43.0 Å². The summed E-state index contributed by atoms with van der Waals surface area (Å²) in [5.74, 6) is -0.498. The van der Waals surface area contributed by atoms with E-state index < -0.39 is 11.6 Å². The molecule has 1 saturated heterocycles. The molecule has 1 aliphatic rings. The summed E-state index contributed by atoms with van der Waals surface area (Å²) in [4.78, 5) is 18.4. The standard InChI is InChI=1S/C22H20F2N6/c1-12-2-14(7-26-6-12)16-8-27-9-17(21(16)30-10-13(5-25)11-30)22-28-19-4-15(23)3-18(24)20(19)29-22/h2-4,6-9,13H,5,10-11,25H2,1H3,(H,28,29). The molecular weight excluding hydrogens is 386 g/mol. The maximum Gasteiger partial charge on any atom is 0.153 e. The van der Waals surface area contributed by atoms with Crippen molar-refractivity contribution in [1.29, 1.82) is 0 Å². The lowest BCUT2D eigenvalue weighted by Gasteiger charge is -2.42. The SMILES string of the molecule is Cc1cncc(-c2cncc(-c3nc4c(F)cc(F)cc4[nH]3)c2N2CC(CN)C2)c1. The number of hydrogen-bond donors (Lipinski definition) is 2. The summed E-state index contributed by atoms with van der Waals surface area (Å²) in [7, 11) is 0. The van der Waals surface area contributed by atoms with Crippen molar-refractivity contribution < 1.29 is 8.78 Å². The molecule has 30 heavy (non-hydrogen) atoms. The zero-order chi connectivity index (χ0) is 20.8. The van der Waals surface area contributed by atoms with E-state index in [9.17, 15) is 8.78 Å². The number of hydrogen-bond acceptors (Lipinski definition) is 5. The molecule has 3 aromatic heterocycles. The molecule has 0 unspecified atom stereocenters. The van der Waals surface area contributed by atoms with Crippen LogP contribution in [0, 0.1) is 24.5 Å². The summed E-state index contributed by atoms with van der Waals surface area (Å²) in [6.45, 7) is 4.22. The van der Waals surface area contributed by atoms with Gasteiger partial charge >= 0.3 is 0 Å². The first kappa shape index (κ1) is 18.6. The van der Waals surface area contributed by atoms with Gasteiger partial charge in [0.25, 0.3) is 0 Å². The fourth-order valence-electron chi connectivity index (χ4n) is 3.95. The predicted octanol–water partition coefficient (Wildman–Crippen LogP) is 3.67. The van der Waals surface area contributed by atoms with Crippen LogP contribution >= 0.6 is 0 Å². The molecule has 0 bridgehead atoms. The van der Waals surface area contributed by atoms with Crippen LogP contribution in [0.1, 0.15) is 5.56 Å². The zero-order valence-corrected chi connectivity index (χ0v) is 16.4. The van der Waals surface area contributed by atoms with E-state index in [1.165, 1.54) is 6.07 Å². The Kier molecular flexibility index (Phi) is 4.43. The van der Waals surface area contributed by atoms with Gasteiger partial charge in [0.2, 0.25) is 0 Å². The fraction of sp³-hybridized carbons (Fsp3) is 0.227. The fourth-order valence-corrected chi connectivity index (χ4v) is 3.95. The normalized spacial score (nSPS) is 14.3. The van der Waals surface area contributed by atoms with Crippen molar-refractivity contribution in [1.82, 2.24) is 19.9 Å². The van der Waals surface area contributed by atoms with Gasteiger partial charge < -0.3 is 15.6 Å². The minimum absolute atomic E-state index is 0.100. The molecule has 0 atom stereocenters. The molecule has 5 rings (SSSR count). The number of nitrogens with one attached hydrogen (secondary N) is 1. The van der Waals surface area contributed by atoms with Gasteiger partial charge in [-0.1, -0.05) is 0 Å². The lowest BCUT2D eigenvalue weighted by atomic mass is 9.94. The van der Waals surface area contributed by atoms with Gasteiger partial charge in [0.15, 0.2) is 5.82 Å². The van der Waals surface area contributed by atoms with E-state index >= 15 is 0 Å². The van der Waals surface area contributed by atoms with Crippen molar-refractivity contribution in [2.45, 2.75) is 6.92 Å². The third kappa shape index (κ3) is 3.09. The second kappa shape index (κ2) is 7.14. The Morgan fingerprint density at radius 2 is 1.83 bits per heavy atom. The lowest BCUT2D eigenvalue weighted by Crippen LogP contribution is -2.50. The highest BCUT2D eigenvalue weighted by molar-refractivity contribution is 5.91. The van der Waals surface area contributed by atoms with Crippen molar-refractivity contribution >= 4 is 16.7 Å². The van der Waals surface area contributed by atoms with Crippen LogP contribution < -0.4 is 10.6 Å². The van der Waals surface area contributed by atoms with E-state index in [-0.39, 0.29) is 5.52 Å². The van der Waals surface area contributed by atoms with Gasteiger partial charge in [-0.2, -0.15) is 0 Å². The van der Waals surface area contributed by atoms with Crippen LogP contribution in [0.4, 0.5) is 14.5 Å². The summed E-state index contributed by atoms with van der Waals surface area (Å²) in [6.07, 6.45) is 7.09. The van der Waals surface area contributed by atoms with Crippen molar-refractivity contribution in [2.75, 3.05) is 24.5 Å². The number of H-pyrrole nitrogens is 1. The number of rotatable bonds is 4. The molecule has 0 spiro atoms. The van der Waals surface area contributed by atoms with Gasteiger partial charge in [0.1, 0.15) is 17.2 Å². The van der Waals surface area contributed by atoms with Crippen molar-refractivity contribution in [2.24, 2.45) is 11.7 Å². The molecule has 0 saturated carbocycles. The topological polar surface area (TPSA) is 83.7 Å². The summed E-state index contributed by atoms with van der Waals surface area (Å²) >= 11 is 0. The molecule has 0 amide bonds. The largest absolute Gasteiger partial charge is 0.370 e. The minimum Gasteiger partial charge on any atom is -0.370 e. The third-order valence-corrected chi connectivity index (χ3v) is 5.47. The summed E-state index contributed by atoms with van der Waals surface area (Å²) in [5, 5.41) is 0. The van der Waals surface area contributed by atoms with Gasteiger partial charge in [-0.25, -0.2) is 13.8 Å². The minimum atomic E-state index is -0.701. The number of halogens is 2. The van der Waals surface area contributed by atoms with Crippen molar-refractivity contribution in [3.63, 3.8) is 0 Å². The van der Waals surface area contributed by atoms with Crippen molar-refractivity contribution in [3.05, 3.63) is 60.2 Å². The number of aryl methyl sites for hydroxylation is 1. The van der Waals surface area contributed by atoms with E-state index in [1.807, 2.05) is 13.0 Å². The molecule has 3 N–H and O–H groups in total. The van der Waals surface area contributed by atoms with Crippen LogP contribution in [0.3, 0.4) is 0 Å². The second-order valence-corrected chi connectivity index (χ2v) is 7.71. The average molecular weight is 406 g/mol. The van der Waals surface area contributed by atoms with Gasteiger partial charge in [-0.15, -0.1) is 0 Å². The van der Waals surface area contributed by atoms with Crippen molar-refractivity contribution in [3.8, 4) is 22.5 Å². The zero-order valence-electron chi connectivity index (χ0n) is 16.4. The van der Waals surface area contributed by atoms with E-state index in [0.717, 1.165) is 47.1 Å². The molecule has 0 aliphatic carbocycles. The van der Waals surface area contributed by atoms with Gasteiger partial charge in [-0.3, -0.25) is 9.97 Å². The van der Waals surface area contributed by atoms with Crippen LogP contribution in [-0.2, 0) is 0 Å². The Bertz CT molecular complexity index is 1250. The Hall–Kier alpha value is -3.39. The highest BCUT2D eigenvalue weighted by Crippen LogP contribution is 2.41. The van der Waals surface area contributed by atoms with Crippen LogP contribution in [0.2, 0.25) is 0 Å². The Labute approximate surface area is 171 Å². The van der Waals surface area contributed by atoms with E-state index in [0.29, 0.717) is 23.8 Å². The third-order valence-electron chi connectivity index (χ3n) is 5.47. The van der Waals surface area contributed by atoms with Gasteiger partial charge in [-0.05, 0) is 31.2 Å². The van der Waals surface area contributed by atoms with Crippen LogP contribution in [0.25, 0.3) is 33.5 Å². The van der Waals surface area contributed by atoms with Gasteiger partial charge in [0.05, 0.1) is 16.8 Å². The Balaban J connectivity index is 1.70. The number of anilines is 1. The smallest absolute Gasteiger partial charge is 0.153 e. The lowest BCUT2D eigenvalue weighted by molar-refractivity contribution is 0.421. The maximum atomic E-state index is 14.2. The monoisotopic (exact) mass is 406 g/mol.